The molecule has 22 heavy (non-hydrogen) atoms. The molecule has 0 fully saturated rings. The van der Waals surface area contributed by atoms with Crippen molar-refractivity contribution in [2.45, 2.75) is 0 Å². The number of hydrogen-bond donors (Lipinski definition) is 1. The van der Waals surface area contributed by atoms with Crippen molar-refractivity contribution in [3.05, 3.63) is 72.8 Å². The maximum absolute atomic E-state index is 5.79. The first kappa shape index (κ1) is 14.2. The summed E-state index contributed by atoms with van der Waals surface area (Å²) in [5.41, 5.74) is 5.54. The summed E-state index contributed by atoms with van der Waals surface area (Å²) in [6.45, 7) is 0. The second kappa shape index (κ2) is 6.35. The zero-order valence-corrected chi connectivity index (χ0v) is 12.8. The van der Waals surface area contributed by atoms with Gasteiger partial charge in [-0.25, -0.2) is 0 Å². The van der Waals surface area contributed by atoms with E-state index in [-0.39, 0.29) is 0 Å². The van der Waals surface area contributed by atoms with E-state index in [2.05, 4.69) is 41.7 Å². The highest BCUT2D eigenvalue weighted by Crippen LogP contribution is 2.43. The molecule has 0 unspecified atom stereocenters. The molecule has 0 saturated heterocycles. The van der Waals surface area contributed by atoms with Crippen LogP contribution < -0.4 is 10.1 Å². The normalized spacial score (nSPS) is 10.3. The predicted octanol–water partition coefficient (Wildman–Crippen LogP) is 5.07. The van der Waals surface area contributed by atoms with E-state index in [4.69, 9.17) is 4.74 Å². The van der Waals surface area contributed by atoms with Gasteiger partial charge in [-0.15, -0.1) is 0 Å². The van der Waals surface area contributed by atoms with Crippen molar-refractivity contribution < 1.29 is 4.74 Å². The fourth-order valence-corrected chi connectivity index (χ4v) is 2.74. The second-order valence-electron chi connectivity index (χ2n) is 5.05. The predicted molar refractivity (Wildman–Crippen MR) is 93.4 cm³/mol. The molecule has 3 aromatic rings. The van der Waals surface area contributed by atoms with Gasteiger partial charge in [-0.05, 0) is 23.3 Å². The minimum absolute atomic E-state index is 0.893. The topological polar surface area (TPSA) is 21.3 Å². The maximum Gasteiger partial charge on any atom is 0.136 e. The zero-order valence-electron chi connectivity index (χ0n) is 12.8. The van der Waals surface area contributed by atoms with E-state index in [0.29, 0.717) is 0 Å². The monoisotopic (exact) mass is 289 g/mol. The third-order valence-electron chi connectivity index (χ3n) is 3.78. The first-order valence-electron chi connectivity index (χ1n) is 7.34. The van der Waals surface area contributed by atoms with E-state index < -0.39 is 0 Å². The van der Waals surface area contributed by atoms with E-state index in [1.165, 1.54) is 0 Å². The van der Waals surface area contributed by atoms with Crippen LogP contribution >= 0.6 is 0 Å². The van der Waals surface area contributed by atoms with Gasteiger partial charge < -0.3 is 10.1 Å². The Balaban J connectivity index is 2.27. The molecule has 0 atom stereocenters. The van der Waals surface area contributed by atoms with Crippen LogP contribution in [0.4, 0.5) is 5.69 Å². The number of ether oxygens (including phenoxy) is 1. The standard InChI is InChI=1S/C20H19NO/c1-21-18-14-13-17(15-9-5-3-6-10-15)20(22-2)19(18)16-11-7-4-8-12-16/h3-14,21H,1-2H3. The first-order chi connectivity index (χ1) is 10.8. The Bertz CT molecular complexity index is 751. The summed E-state index contributed by atoms with van der Waals surface area (Å²) >= 11 is 0. The fourth-order valence-electron chi connectivity index (χ4n) is 2.74. The highest BCUT2D eigenvalue weighted by molar-refractivity contribution is 5.90. The van der Waals surface area contributed by atoms with Crippen LogP contribution in [0.5, 0.6) is 5.75 Å². The number of rotatable bonds is 4. The van der Waals surface area contributed by atoms with Crippen molar-refractivity contribution in [1.29, 1.82) is 0 Å². The van der Waals surface area contributed by atoms with Crippen LogP contribution in [0.2, 0.25) is 0 Å². The Morgan fingerprint density at radius 1 is 0.727 bits per heavy atom. The van der Waals surface area contributed by atoms with Crippen LogP contribution in [0.15, 0.2) is 72.8 Å². The van der Waals surface area contributed by atoms with Crippen LogP contribution in [-0.4, -0.2) is 14.2 Å². The van der Waals surface area contributed by atoms with E-state index in [1.807, 2.05) is 43.4 Å². The Kier molecular flexibility index (Phi) is 4.10. The Morgan fingerprint density at radius 2 is 1.32 bits per heavy atom. The molecule has 2 heteroatoms. The summed E-state index contributed by atoms with van der Waals surface area (Å²) in [5, 5.41) is 3.27. The molecule has 0 radical (unpaired) electrons. The average Bonchev–Trinajstić information content (AvgIpc) is 2.61. The Hall–Kier alpha value is -2.74. The highest BCUT2D eigenvalue weighted by Gasteiger charge is 2.16. The SMILES string of the molecule is CNc1ccc(-c2ccccc2)c(OC)c1-c1ccccc1. The number of nitrogens with one attached hydrogen (secondary N) is 1. The maximum atomic E-state index is 5.79. The Morgan fingerprint density at radius 3 is 1.86 bits per heavy atom. The third kappa shape index (κ3) is 2.56. The van der Waals surface area contributed by atoms with Crippen molar-refractivity contribution in [3.63, 3.8) is 0 Å². The average molecular weight is 289 g/mol. The summed E-state index contributed by atoms with van der Waals surface area (Å²) in [7, 11) is 3.66. The largest absolute Gasteiger partial charge is 0.495 e. The van der Waals surface area contributed by atoms with Crippen molar-refractivity contribution in [3.8, 4) is 28.0 Å². The van der Waals surface area contributed by atoms with Gasteiger partial charge in [0.05, 0.1) is 7.11 Å². The quantitative estimate of drug-likeness (QED) is 0.724. The molecule has 2 nitrogen and oxygen atoms in total. The van der Waals surface area contributed by atoms with Crippen molar-refractivity contribution >= 4 is 5.69 Å². The molecule has 0 amide bonds. The summed E-state index contributed by atoms with van der Waals surface area (Å²) in [6.07, 6.45) is 0. The molecule has 0 bridgehead atoms. The molecule has 0 heterocycles. The van der Waals surface area contributed by atoms with Gasteiger partial charge in [0.25, 0.3) is 0 Å². The van der Waals surface area contributed by atoms with Crippen LogP contribution in [0.3, 0.4) is 0 Å². The van der Waals surface area contributed by atoms with Gasteiger partial charge in [-0.2, -0.15) is 0 Å². The van der Waals surface area contributed by atoms with E-state index in [0.717, 1.165) is 33.7 Å². The van der Waals surface area contributed by atoms with Crippen LogP contribution in [-0.2, 0) is 0 Å². The molecule has 0 spiro atoms. The minimum Gasteiger partial charge on any atom is -0.495 e. The number of benzene rings is 3. The van der Waals surface area contributed by atoms with Crippen molar-refractivity contribution in [1.82, 2.24) is 0 Å². The van der Waals surface area contributed by atoms with Gasteiger partial charge in [0.15, 0.2) is 0 Å². The van der Waals surface area contributed by atoms with Crippen LogP contribution in [0.25, 0.3) is 22.3 Å². The molecule has 0 saturated carbocycles. The Labute approximate surface area is 131 Å². The van der Waals surface area contributed by atoms with Crippen LogP contribution in [0.1, 0.15) is 0 Å². The molecule has 110 valence electrons. The highest BCUT2D eigenvalue weighted by atomic mass is 16.5. The van der Waals surface area contributed by atoms with E-state index >= 15 is 0 Å². The summed E-state index contributed by atoms with van der Waals surface area (Å²) in [6, 6.07) is 24.8. The van der Waals surface area contributed by atoms with Gasteiger partial charge in [-0.1, -0.05) is 60.7 Å². The molecule has 1 N–H and O–H groups in total. The summed E-state index contributed by atoms with van der Waals surface area (Å²) < 4.78 is 5.79. The number of methoxy groups -OCH3 is 1. The molecule has 0 aromatic heterocycles. The molecule has 3 aromatic carbocycles. The summed E-state index contributed by atoms with van der Waals surface area (Å²) in [5.74, 6) is 0.893. The van der Waals surface area contributed by atoms with Crippen LogP contribution in [0, 0.1) is 0 Å². The molecular weight excluding hydrogens is 270 g/mol. The second-order valence-corrected chi connectivity index (χ2v) is 5.05. The van der Waals surface area contributed by atoms with Crippen molar-refractivity contribution in [2.75, 3.05) is 19.5 Å². The lowest BCUT2D eigenvalue weighted by Crippen LogP contribution is -1.98. The summed E-state index contributed by atoms with van der Waals surface area (Å²) in [4.78, 5) is 0. The van der Waals surface area contributed by atoms with Gasteiger partial charge in [0, 0.05) is 23.9 Å². The molecular formula is C20H19NO. The minimum atomic E-state index is 0.893. The molecule has 3 rings (SSSR count). The van der Waals surface area contributed by atoms with Gasteiger partial charge in [-0.3, -0.25) is 0 Å². The lowest BCUT2D eigenvalue weighted by atomic mass is 9.95. The first-order valence-corrected chi connectivity index (χ1v) is 7.34. The lowest BCUT2D eigenvalue weighted by Gasteiger charge is -2.18. The van der Waals surface area contributed by atoms with Gasteiger partial charge >= 0.3 is 0 Å². The third-order valence-corrected chi connectivity index (χ3v) is 3.78. The molecule has 0 aliphatic carbocycles. The van der Waals surface area contributed by atoms with E-state index in [9.17, 15) is 0 Å². The zero-order chi connectivity index (χ0) is 15.4. The van der Waals surface area contributed by atoms with Gasteiger partial charge in [0.2, 0.25) is 0 Å². The number of hydrogen-bond acceptors (Lipinski definition) is 2. The lowest BCUT2D eigenvalue weighted by molar-refractivity contribution is 0.418. The smallest absolute Gasteiger partial charge is 0.136 e. The molecule has 0 aliphatic heterocycles. The van der Waals surface area contributed by atoms with E-state index in [1.54, 1.807) is 7.11 Å². The number of anilines is 1. The fraction of sp³-hybridized carbons (Fsp3) is 0.100. The molecule has 0 aliphatic rings. The van der Waals surface area contributed by atoms with Gasteiger partial charge in [0.1, 0.15) is 5.75 Å². The van der Waals surface area contributed by atoms with Crippen molar-refractivity contribution in [2.24, 2.45) is 0 Å².